The van der Waals surface area contributed by atoms with Gasteiger partial charge in [-0.3, -0.25) is 10.1 Å². The van der Waals surface area contributed by atoms with Crippen molar-refractivity contribution in [1.29, 1.82) is 0 Å². The number of benzene rings is 1. The minimum Gasteiger partial charge on any atom is -0.383 e. The summed E-state index contributed by atoms with van der Waals surface area (Å²) in [5.41, 5.74) is 1.16. The molecule has 1 heterocycles. The number of fused-ring (bicyclic) bond motifs is 1. The fourth-order valence-corrected chi connectivity index (χ4v) is 1.40. The molecule has 0 saturated heterocycles. The Hall–Kier alpha value is -2.18. The first-order valence-electron chi connectivity index (χ1n) is 4.87. The number of nitro groups is 1. The zero-order valence-corrected chi connectivity index (χ0v) is 8.64. The lowest BCUT2D eigenvalue weighted by atomic mass is 10.2. The maximum atomic E-state index is 10.7. The zero-order valence-electron chi connectivity index (χ0n) is 8.64. The van der Waals surface area contributed by atoms with E-state index >= 15 is 0 Å². The second-order valence-electron chi connectivity index (χ2n) is 3.28. The number of hydrogen-bond donors (Lipinski definition) is 1. The van der Waals surface area contributed by atoms with Crippen LogP contribution in [0.2, 0.25) is 0 Å². The standard InChI is InChI=1S/C9H10N4O3/c1-2-5-10-6-3-4-7(13(14)15)9-8(6)11-16-12-9/h3-4,10H,2,5H2,1H3. The first-order chi connectivity index (χ1) is 7.74. The maximum Gasteiger partial charge on any atom is 0.300 e. The van der Waals surface area contributed by atoms with Gasteiger partial charge < -0.3 is 5.32 Å². The molecule has 84 valence electrons. The van der Waals surface area contributed by atoms with E-state index in [1.165, 1.54) is 6.07 Å². The molecule has 0 atom stereocenters. The van der Waals surface area contributed by atoms with Gasteiger partial charge in [0.15, 0.2) is 5.52 Å². The van der Waals surface area contributed by atoms with Gasteiger partial charge in [-0.2, -0.15) is 0 Å². The SMILES string of the molecule is CCCNc1ccc([N+](=O)[O-])c2nonc12. The highest BCUT2D eigenvalue weighted by Crippen LogP contribution is 2.28. The average molecular weight is 222 g/mol. The molecular formula is C9H10N4O3. The van der Waals surface area contributed by atoms with E-state index in [1.807, 2.05) is 6.92 Å². The Bertz CT molecular complexity index is 522. The molecule has 7 nitrogen and oxygen atoms in total. The Balaban J connectivity index is 2.50. The molecule has 16 heavy (non-hydrogen) atoms. The van der Waals surface area contributed by atoms with E-state index in [-0.39, 0.29) is 11.2 Å². The van der Waals surface area contributed by atoms with E-state index in [1.54, 1.807) is 6.07 Å². The van der Waals surface area contributed by atoms with Gasteiger partial charge in [0.2, 0.25) is 5.52 Å². The summed E-state index contributed by atoms with van der Waals surface area (Å²) in [5, 5.41) is 21.0. The first-order valence-corrected chi connectivity index (χ1v) is 4.87. The van der Waals surface area contributed by atoms with Crippen molar-refractivity contribution in [3.8, 4) is 0 Å². The van der Waals surface area contributed by atoms with Crippen LogP contribution in [0.1, 0.15) is 13.3 Å². The van der Waals surface area contributed by atoms with Gasteiger partial charge in [0, 0.05) is 12.6 Å². The smallest absolute Gasteiger partial charge is 0.300 e. The van der Waals surface area contributed by atoms with Crippen LogP contribution in [0.25, 0.3) is 11.0 Å². The van der Waals surface area contributed by atoms with Crippen LogP contribution in [0.4, 0.5) is 11.4 Å². The van der Waals surface area contributed by atoms with Crippen LogP contribution >= 0.6 is 0 Å². The normalized spacial score (nSPS) is 10.6. The molecule has 0 unspecified atom stereocenters. The molecule has 0 bridgehead atoms. The molecule has 0 fully saturated rings. The van der Waals surface area contributed by atoms with Crippen molar-refractivity contribution in [3.05, 3.63) is 22.2 Å². The summed E-state index contributed by atoms with van der Waals surface area (Å²) in [5.74, 6) is 0. The molecule has 2 rings (SSSR count). The summed E-state index contributed by atoms with van der Waals surface area (Å²) >= 11 is 0. The molecular weight excluding hydrogens is 212 g/mol. The molecule has 1 aromatic carbocycles. The molecule has 0 aliphatic carbocycles. The summed E-state index contributed by atoms with van der Waals surface area (Å²) in [7, 11) is 0. The van der Waals surface area contributed by atoms with E-state index < -0.39 is 4.92 Å². The van der Waals surface area contributed by atoms with Gasteiger partial charge in [-0.05, 0) is 22.8 Å². The van der Waals surface area contributed by atoms with Crippen molar-refractivity contribution in [2.24, 2.45) is 0 Å². The van der Waals surface area contributed by atoms with E-state index in [4.69, 9.17) is 0 Å². The number of rotatable bonds is 4. The number of anilines is 1. The van der Waals surface area contributed by atoms with Crippen LogP contribution in [-0.2, 0) is 0 Å². The number of nitro benzene ring substituents is 1. The minimum absolute atomic E-state index is 0.0988. The molecule has 1 aromatic heterocycles. The van der Waals surface area contributed by atoms with Crippen LogP contribution < -0.4 is 5.32 Å². The Morgan fingerprint density at radius 1 is 1.44 bits per heavy atom. The monoisotopic (exact) mass is 222 g/mol. The predicted molar refractivity (Wildman–Crippen MR) is 57.2 cm³/mol. The molecule has 0 aliphatic heterocycles. The van der Waals surface area contributed by atoms with E-state index in [0.717, 1.165) is 13.0 Å². The molecule has 0 spiro atoms. The highest BCUT2D eigenvalue weighted by Gasteiger charge is 2.18. The van der Waals surface area contributed by atoms with Crippen LogP contribution in [0.5, 0.6) is 0 Å². The second-order valence-corrected chi connectivity index (χ2v) is 3.28. The highest BCUT2D eigenvalue weighted by molar-refractivity contribution is 5.93. The second kappa shape index (κ2) is 4.13. The lowest BCUT2D eigenvalue weighted by Gasteiger charge is -2.03. The Morgan fingerprint density at radius 3 is 2.88 bits per heavy atom. The van der Waals surface area contributed by atoms with Crippen LogP contribution in [0.15, 0.2) is 16.8 Å². The van der Waals surface area contributed by atoms with Crippen LogP contribution in [0, 0.1) is 10.1 Å². The molecule has 0 saturated carbocycles. The van der Waals surface area contributed by atoms with Gasteiger partial charge in [0.05, 0.1) is 10.6 Å². The van der Waals surface area contributed by atoms with Crippen LogP contribution in [0.3, 0.4) is 0 Å². The van der Waals surface area contributed by atoms with Gasteiger partial charge in [0.1, 0.15) is 0 Å². The topological polar surface area (TPSA) is 94.1 Å². The summed E-state index contributed by atoms with van der Waals surface area (Å²) in [6, 6.07) is 3.00. The Labute approximate surface area is 90.5 Å². The quantitative estimate of drug-likeness (QED) is 0.627. The minimum atomic E-state index is -0.504. The van der Waals surface area contributed by atoms with Gasteiger partial charge in [-0.25, -0.2) is 4.63 Å². The lowest BCUT2D eigenvalue weighted by molar-refractivity contribution is -0.383. The van der Waals surface area contributed by atoms with E-state index in [9.17, 15) is 10.1 Å². The number of aromatic nitrogens is 2. The zero-order chi connectivity index (χ0) is 11.5. The third-order valence-corrected chi connectivity index (χ3v) is 2.16. The number of nitrogens with zero attached hydrogens (tertiary/aromatic N) is 3. The van der Waals surface area contributed by atoms with Crippen LogP contribution in [-0.4, -0.2) is 21.8 Å². The number of hydrogen-bond acceptors (Lipinski definition) is 6. The Morgan fingerprint density at radius 2 is 2.19 bits per heavy atom. The van der Waals surface area contributed by atoms with E-state index in [0.29, 0.717) is 11.2 Å². The van der Waals surface area contributed by atoms with Crippen molar-refractivity contribution < 1.29 is 9.55 Å². The molecule has 0 amide bonds. The predicted octanol–water partition coefficient (Wildman–Crippen LogP) is 1.95. The molecule has 2 aromatic rings. The van der Waals surface area contributed by atoms with Gasteiger partial charge >= 0.3 is 5.69 Å². The summed E-state index contributed by atoms with van der Waals surface area (Å²) in [6.45, 7) is 2.79. The fourth-order valence-electron chi connectivity index (χ4n) is 1.40. The summed E-state index contributed by atoms with van der Waals surface area (Å²) in [6.07, 6.45) is 0.948. The van der Waals surface area contributed by atoms with Crippen molar-refractivity contribution >= 4 is 22.4 Å². The van der Waals surface area contributed by atoms with Crippen molar-refractivity contribution in [2.75, 3.05) is 11.9 Å². The summed E-state index contributed by atoms with van der Waals surface area (Å²) in [4.78, 5) is 10.2. The average Bonchev–Trinajstić information content (AvgIpc) is 2.74. The Kier molecular flexibility index (Phi) is 2.67. The van der Waals surface area contributed by atoms with Crippen molar-refractivity contribution in [1.82, 2.24) is 10.3 Å². The fraction of sp³-hybridized carbons (Fsp3) is 0.333. The first kappa shape index (κ1) is 10.3. The number of nitrogens with one attached hydrogen (secondary N) is 1. The van der Waals surface area contributed by atoms with Gasteiger partial charge in [-0.15, -0.1) is 0 Å². The largest absolute Gasteiger partial charge is 0.383 e. The van der Waals surface area contributed by atoms with E-state index in [2.05, 4.69) is 20.3 Å². The van der Waals surface area contributed by atoms with Crippen molar-refractivity contribution in [3.63, 3.8) is 0 Å². The van der Waals surface area contributed by atoms with Gasteiger partial charge in [-0.1, -0.05) is 6.92 Å². The lowest BCUT2D eigenvalue weighted by Crippen LogP contribution is -2.01. The molecule has 0 aliphatic rings. The van der Waals surface area contributed by atoms with Crippen molar-refractivity contribution in [2.45, 2.75) is 13.3 Å². The molecule has 1 N–H and O–H groups in total. The highest BCUT2D eigenvalue weighted by atomic mass is 16.6. The van der Waals surface area contributed by atoms with Gasteiger partial charge in [0.25, 0.3) is 0 Å². The maximum absolute atomic E-state index is 10.7. The third-order valence-electron chi connectivity index (χ3n) is 2.16. The molecule has 7 heteroatoms. The molecule has 0 radical (unpaired) electrons. The number of non-ortho nitro benzene ring substituents is 1. The summed E-state index contributed by atoms with van der Waals surface area (Å²) < 4.78 is 4.53. The third kappa shape index (κ3) is 1.67.